The summed E-state index contributed by atoms with van der Waals surface area (Å²) in [4.78, 5) is 49.0. The molecule has 160 valence electrons. The van der Waals surface area contributed by atoms with Gasteiger partial charge in [-0.2, -0.15) is 0 Å². The summed E-state index contributed by atoms with van der Waals surface area (Å²) in [7, 11) is 0. The van der Waals surface area contributed by atoms with Crippen LogP contribution in [-0.2, 0) is 19.2 Å². The molecule has 0 aromatic heterocycles. The monoisotopic (exact) mass is 398 g/mol. The number of aliphatic carboxylic acids is 1. The summed E-state index contributed by atoms with van der Waals surface area (Å²) in [5.74, 6) is -1.71. The number of likely N-dealkylation sites (N-methyl/N-ethyl adjacent to an activating group) is 2. The Balaban J connectivity index is 2.46. The van der Waals surface area contributed by atoms with Crippen LogP contribution in [0.15, 0.2) is 0 Å². The lowest BCUT2D eigenvalue weighted by Gasteiger charge is -2.24. The molecule has 1 fully saturated rings. The van der Waals surface area contributed by atoms with Gasteiger partial charge in [0.2, 0.25) is 17.7 Å². The van der Waals surface area contributed by atoms with Crippen molar-refractivity contribution in [2.75, 3.05) is 32.7 Å². The number of carbonyl (C=O) groups is 4. The zero-order valence-corrected chi connectivity index (χ0v) is 17.0. The van der Waals surface area contributed by atoms with E-state index in [0.717, 1.165) is 38.8 Å². The van der Waals surface area contributed by atoms with Crippen molar-refractivity contribution in [1.29, 1.82) is 0 Å². The number of carboxylic acids is 1. The number of nitrogens with one attached hydrogen (secondary N) is 3. The Kier molecular flexibility index (Phi) is 11.2. The van der Waals surface area contributed by atoms with Crippen molar-refractivity contribution in [3.63, 3.8) is 0 Å². The van der Waals surface area contributed by atoms with Gasteiger partial charge in [0.1, 0.15) is 6.04 Å². The lowest BCUT2D eigenvalue weighted by Crippen LogP contribution is -2.51. The number of rotatable bonds is 12. The molecule has 1 aliphatic rings. The predicted molar refractivity (Wildman–Crippen MR) is 105 cm³/mol. The molecule has 0 saturated carbocycles. The Morgan fingerprint density at radius 1 is 1.18 bits per heavy atom. The van der Waals surface area contributed by atoms with Gasteiger partial charge in [0.15, 0.2) is 0 Å². The second-order valence-electron chi connectivity index (χ2n) is 7.11. The predicted octanol–water partition coefficient (Wildman–Crippen LogP) is 0.100. The van der Waals surface area contributed by atoms with E-state index in [1.807, 2.05) is 0 Å². The van der Waals surface area contributed by atoms with E-state index in [-0.39, 0.29) is 12.5 Å². The minimum atomic E-state index is -1.18. The lowest BCUT2D eigenvalue weighted by molar-refractivity contribution is -0.141. The number of hydrogen-bond donors (Lipinski definition) is 4. The van der Waals surface area contributed by atoms with E-state index in [1.165, 1.54) is 4.90 Å². The maximum Gasteiger partial charge on any atom is 0.305 e. The van der Waals surface area contributed by atoms with Crippen LogP contribution in [0.5, 0.6) is 0 Å². The standard InChI is InChI=1S/C19H34N4O5/c1-3-21-19(28)15(12-18(26)27)22-16(24)13-23(4-2)17(25)7-5-6-14-8-10-20-11-9-14/h14-15,20H,3-13H2,1-2H3,(H,21,28)(H,22,24)(H,26,27)/t15-/m0/s1. The zero-order valence-electron chi connectivity index (χ0n) is 17.0. The van der Waals surface area contributed by atoms with Crippen LogP contribution in [0.4, 0.5) is 0 Å². The average Bonchev–Trinajstić information content (AvgIpc) is 2.66. The Bertz CT molecular complexity index is 534. The summed E-state index contributed by atoms with van der Waals surface area (Å²) >= 11 is 0. The fourth-order valence-electron chi connectivity index (χ4n) is 3.34. The number of nitrogens with zero attached hydrogens (tertiary/aromatic N) is 1. The van der Waals surface area contributed by atoms with E-state index >= 15 is 0 Å². The number of hydrogen-bond acceptors (Lipinski definition) is 5. The van der Waals surface area contributed by atoms with Gasteiger partial charge in [-0.3, -0.25) is 19.2 Å². The molecule has 1 saturated heterocycles. The van der Waals surface area contributed by atoms with Gasteiger partial charge in [0.25, 0.3) is 0 Å². The molecule has 4 N–H and O–H groups in total. The molecular formula is C19H34N4O5. The van der Waals surface area contributed by atoms with Crippen LogP contribution in [0.25, 0.3) is 0 Å². The van der Waals surface area contributed by atoms with Gasteiger partial charge in [0.05, 0.1) is 13.0 Å². The topological polar surface area (TPSA) is 128 Å². The van der Waals surface area contributed by atoms with Gasteiger partial charge in [-0.15, -0.1) is 0 Å². The third-order valence-electron chi connectivity index (χ3n) is 4.91. The molecule has 28 heavy (non-hydrogen) atoms. The Morgan fingerprint density at radius 3 is 2.43 bits per heavy atom. The molecule has 9 heteroatoms. The molecule has 3 amide bonds. The summed E-state index contributed by atoms with van der Waals surface area (Å²) in [6, 6.07) is -1.15. The van der Waals surface area contributed by atoms with Crippen LogP contribution in [0, 0.1) is 5.92 Å². The van der Waals surface area contributed by atoms with Crippen molar-refractivity contribution in [1.82, 2.24) is 20.9 Å². The van der Waals surface area contributed by atoms with Crippen LogP contribution in [0.2, 0.25) is 0 Å². The fourth-order valence-corrected chi connectivity index (χ4v) is 3.34. The summed E-state index contributed by atoms with van der Waals surface area (Å²) in [6.07, 6.45) is 3.96. The zero-order chi connectivity index (χ0) is 20.9. The molecule has 1 atom stereocenters. The highest BCUT2D eigenvalue weighted by molar-refractivity contribution is 5.92. The average molecular weight is 399 g/mol. The van der Waals surface area contributed by atoms with Gasteiger partial charge >= 0.3 is 5.97 Å². The van der Waals surface area contributed by atoms with E-state index in [2.05, 4.69) is 16.0 Å². The summed E-state index contributed by atoms with van der Waals surface area (Å²) in [5.41, 5.74) is 0. The van der Waals surface area contributed by atoms with E-state index in [1.54, 1.807) is 13.8 Å². The van der Waals surface area contributed by atoms with E-state index in [4.69, 9.17) is 5.11 Å². The first kappa shape index (κ1) is 23.9. The minimum absolute atomic E-state index is 0.0978. The molecule has 1 rings (SSSR count). The van der Waals surface area contributed by atoms with Crippen LogP contribution in [0.3, 0.4) is 0 Å². The first-order valence-corrected chi connectivity index (χ1v) is 10.1. The smallest absolute Gasteiger partial charge is 0.305 e. The van der Waals surface area contributed by atoms with Gasteiger partial charge in [-0.05, 0) is 58.5 Å². The molecule has 0 aliphatic carbocycles. The molecule has 0 aromatic rings. The minimum Gasteiger partial charge on any atom is -0.481 e. The number of amides is 3. The second kappa shape index (κ2) is 13.1. The highest BCUT2D eigenvalue weighted by Crippen LogP contribution is 2.19. The Labute approximate surface area is 166 Å². The third kappa shape index (κ3) is 9.16. The van der Waals surface area contributed by atoms with Crippen molar-refractivity contribution < 1.29 is 24.3 Å². The van der Waals surface area contributed by atoms with E-state index < -0.39 is 30.2 Å². The van der Waals surface area contributed by atoms with Gasteiger partial charge < -0.3 is 26.0 Å². The van der Waals surface area contributed by atoms with Gasteiger partial charge in [-0.1, -0.05) is 0 Å². The first-order chi connectivity index (χ1) is 13.4. The molecule has 0 radical (unpaired) electrons. The number of carbonyl (C=O) groups excluding carboxylic acids is 3. The van der Waals surface area contributed by atoms with Crippen molar-refractivity contribution in [3.05, 3.63) is 0 Å². The van der Waals surface area contributed by atoms with E-state index in [0.29, 0.717) is 25.4 Å². The molecular weight excluding hydrogens is 364 g/mol. The maximum absolute atomic E-state index is 12.4. The molecule has 9 nitrogen and oxygen atoms in total. The van der Waals surface area contributed by atoms with Gasteiger partial charge in [-0.25, -0.2) is 0 Å². The molecule has 1 aliphatic heterocycles. The second-order valence-corrected chi connectivity index (χ2v) is 7.11. The van der Waals surface area contributed by atoms with Crippen LogP contribution >= 0.6 is 0 Å². The normalized spacial score (nSPS) is 15.5. The number of piperidine rings is 1. The highest BCUT2D eigenvalue weighted by Gasteiger charge is 2.25. The Hall–Kier alpha value is -2.16. The molecule has 0 unspecified atom stereocenters. The first-order valence-electron chi connectivity index (χ1n) is 10.1. The van der Waals surface area contributed by atoms with Crippen LogP contribution in [-0.4, -0.2) is 72.5 Å². The highest BCUT2D eigenvalue weighted by atomic mass is 16.4. The van der Waals surface area contributed by atoms with Crippen LogP contribution < -0.4 is 16.0 Å². The maximum atomic E-state index is 12.4. The third-order valence-corrected chi connectivity index (χ3v) is 4.91. The summed E-state index contributed by atoms with van der Waals surface area (Å²) in [6.45, 7) is 6.09. The molecule has 0 aromatic carbocycles. The fraction of sp³-hybridized carbons (Fsp3) is 0.789. The van der Waals surface area contributed by atoms with E-state index in [9.17, 15) is 19.2 Å². The van der Waals surface area contributed by atoms with Crippen molar-refractivity contribution >= 4 is 23.7 Å². The number of carboxylic acid groups (broad SMARTS) is 1. The summed E-state index contributed by atoms with van der Waals surface area (Å²) < 4.78 is 0. The molecule has 1 heterocycles. The summed E-state index contributed by atoms with van der Waals surface area (Å²) in [5, 5.41) is 17.2. The quantitative estimate of drug-likeness (QED) is 0.369. The largest absolute Gasteiger partial charge is 0.481 e. The molecule has 0 spiro atoms. The molecule has 0 bridgehead atoms. The SMILES string of the molecule is CCNC(=O)[C@H](CC(=O)O)NC(=O)CN(CC)C(=O)CCCC1CCNCC1. The van der Waals surface area contributed by atoms with Crippen molar-refractivity contribution in [2.24, 2.45) is 5.92 Å². The van der Waals surface area contributed by atoms with Crippen LogP contribution in [0.1, 0.15) is 52.4 Å². The van der Waals surface area contributed by atoms with Crippen molar-refractivity contribution in [2.45, 2.75) is 58.4 Å². The lowest BCUT2D eigenvalue weighted by atomic mass is 9.92. The van der Waals surface area contributed by atoms with Gasteiger partial charge in [0, 0.05) is 19.5 Å². The van der Waals surface area contributed by atoms with Crippen molar-refractivity contribution in [3.8, 4) is 0 Å². The Morgan fingerprint density at radius 2 is 1.86 bits per heavy atom.